The molecule has 7 aromatic rings. The Balaban J connectivity index is 1.51. The normalized spacial score (nSPS) is 14.9. The molecule has 1 aliphatic rings. The van der Waals surface area contributed by atoms with Gasteiger partial charge in [0.25, 0.3) is 0 Å². The van der Waals surface area contributed by atoms with E-state index in [0.717, 1.165) is 0 Å². The second kappa shape index (κ2) is 8.24. The van der Waals surface area contributed by atoms with Gasteiger partial charge in [0.15, 0.2) is 0 Å². The molecular weight excluding hydrogens is 460 g/mol. The SMILES string of the molecule is C1=CC=CC(n2c3ccccc3c3c(-c4cccc5c4c4ccccc4n5-c4ccccc4)cccc32)C=1. The summed E-state index contributed by atoms with van der Waals surface area (Å²) in [6, 6.07) is 41.8. The Morgan fingerprint density at radius 1 is 0.526 bits per heavy atom. The van der Waals surface area contributed by atoms with Crippen LogP contribution in [0.1, 0.15) is 6.04 Å². The Morgan fingerprint density at radius 2 is 1.13 bits per heavy atom. The van der Waals surface area contributed by atoms with Crippen LogP contribution < -0.4 is 0 Å². The van der Waals surface area contributed by atoms with Gasteiger partial charge < -0.3 is 9.13 Å². The van der Waals surface area contributed by atoms with E-state index < -0.39 is 0 Å². The first-order chi connectivity index (χ1) is 18.9. The van der Waals surface area contributed by atoms with Crippen LogP contribution in [0.4, 0.5) is 0 Å². The van der Waals surface area contributed by atoms with Gasteiger partial charge in [-0.3, -0.25) is 0 Å². The third-order valence-electron chi connectivity index (χ3n) is 7.80. The first-order valence-electron chi connectivity index (χ1n) is 13.1. The summed E-state index contributed by atoms with van der Waals surface area (Å²) < 4.78 is 4.83. The highest BCUT2D eigenvalue weighted by Gasteiger charge is 2.21. The fourth-order valence-electron chi connectivity index (χ4n) is 6.29. The molecule has 0 bridgehead atoms. The zero-order valence-electron chi connectivity index (χ0n) is 20.8. The molecule has 1 atom stereocenters. The van der Waals surface area contributed by atoms with Crippen LogP contribution in [0.25, 0.3) is 60.4 Å². The highest BCUT2D eigenvalue weighted by Crippen LogP contribution is 2.43. The van der Waals surface area contributed by atoms with E-state index in [1.165, 1.54) is 60.4 Å². The van der Waals surface area contributed by atoms with Gasteiger partial charge in [0, 0.05) is 32.7 Å². The summed E-state index contributed by atoms with van der Waals surface area (Å²) in [5.74, 6) is 0. The highest BCUT2D eigenvalue weighted by molar-refractivity contribution is 6.21. The molecule has 2 nitrogen and oxygen atoms in total. The number of benzene rings is 5. The number of hydrogen-bond donors (Lipinski definition) is 0. The third kappa shape index (κ3) is 2.96. The first kappa shape index (κ1) is 21.1. The fraction of sp³-hybridized carbons (Fsp3) is 0.0278. The van der Waals surface area contributed by atoms with Crippen molar-refractivity contribution in [3.05, 3.63) is 145 Å². The number of allylic oxidation sites excluding steroid dienone is 3. The molecule has 0 saturated carbocycles. The molecule has 0 saturated heterocycles. The minimum Gasteiger partial charge on any atom is -0.329 e. The number of nitrogens with zero attached hydrogens (tertiary/aromatic N) is 2. The molecule has 2 aromatic heterocycles. The van der Waals surface area contributed by atoms with E-state index in [9.17, 15) is 0 Å². The van der Waals surface area contributed by atoms with Gasteiger partial charge >= 0.3 is 0 Å². The lowest BCUT2D eigenvalue weighted by Gasteiger charge is -2.15. The molecule has 5 aromatic carbocycles. The molecule has 38 heavy (non-hydrogen) atoms. The van der Waals surface area contributed by atoms with Crippen molar-refractivity contribution in [3.8, 4) is 16.8 Å². The maximum absolute atomic E-state index is 3.30. The average Bonchev–Trinajstić information content (AvgIpc) is 3.51. The van der Waals surface area contributed by atoms with Crippen molar-refractivity contribution in [1.29, 1.82) is 0 Å². The molecule has 0 amide bonds. The van der Waals surface area contributed by atoms with Crippen LogP contribution in [-0.4, -0.2) is 9.13 Å². The van der Waals surface area contributed by atoms with Crippen molar-refractivity contribution in [2.75, 3.05) is 0 Å². The van der Waals surface area contributed by atoms with Crippen molar-refractivity contribution in [1.82, 2.24) is 9.13 Å². The fourth-order valence-corrected chi connectivity index (χ4v) is 6.29. The van der Waals surface area contributed by atoms with Gasteiger partial charge in [0.05, 0.1) is 22.6 Å². The summed E-state index contributed by atoms with van der Waals surface area (Å²) in [4.78, 5) is 0. The maximum atomic E-state index is 3.30. The van der Waals surface area contributed by atoms with Gasteiger partial charge in [0.2, 0.25) is 0 Å². The smallest absolute Gasteiger partial charge is 0.0783 e. The molecule has 1 aliphatic carbocycles. The Morgan fingerprint density at radius 3 is 1.87 bits per heavy atom. The Bertz CT molecular complexity index is 2110. The van der Waals surface area contributed by atoms with E-state index >= 15 is 0 Å². The van der Waals surface area contributed by atoms with E-state index in [1.54, 1.807) is 0 Å². The molecule has 0 radical (unpaired) electrons. The van der Waals surface area contributed by atoms with Crippen molar-refractivity contribution in [2.24, 2.45) is 0 Å². The molecule has 0 spiro atoms. The van der Waals surface area contributed by atoms with Crippen molar-refractivity contribution in [2.45, 2.75) is 6.04 Å². The third-order valence-corrected chi connectivity index (χ3v) is 7.80. The van der Waals surface area contributed by atoms with Crippen molar-refractivity contribution < 1.29 is 0 Å². The van der Waals surface area contributed by atoms with Gasteiger partial charge in [-0.1, -0.05) is 91.0 Å². The molecule has 2 heteroatoms. The molecule has 0 aliphatic heterocycles. The molecule has 8 rings (SSSR count). The molecule has 2 heterocycles. The summed E-state index contributed by atoms with van der Waals surface area (Å²) in [7, 11) is 0. The number of para-hydroxylation sites is 3. The van der Waals surface area contributed by atoms with E-state index in [-0.39, 0.29) is 6.04 Å². The first-order valence-corrected chi connectivity index (χ1v) is 13.1. The largest absolute Gasteiger partial charge is 0.329 e. The van der Waals surface area contributed by atoms with Gasteiger partial charge in [0.1, 0.15) is 0 Å². The number of hydrogen-bond acceptors (Lipinski definition) is 0. The minimum absolute atomic E-state index is 0.133. The molecule has 1 unspecified atom stereocenters. The van der Waals surface area contributed by atoms with E-state index in [1.807, 2.05) is 6.08 Å². The minimum atomic E-state index is 0.133. The number of fused-ring (bicyclic) bond motifs is 6. The molecular formula is C36H24N2. The van der Waals surface area contributed by atoms with Crippen LogP contribution in [-0.2, 0) is 0 Å². The van der Waals surface area contributed by atoms with Gasteiger partial charge in [-0.15, -0.1) is 5.73 Å². The zero-order valence-corrected chi connectivity index (χ0v) is 20.8. The van der Waals surface area contributed by atoms with Crippen LogP contribution in [0.2, 0.25) is 0 Å². The highest BCUT2D eigenvalue weighted by atomic mass is 15.0. The van der Waals surface area contributed by atoms with Crippen LogP contribution in [0, 0.1) is 0 Å². The summed E-state index contributed by atoms with van der Waals surface area (Å²) in [6.45, 7) is 0. The monoisotopic (exact) mass is 484 g/mol. The number of rotatable bonds is 3. The van der Waals surface area contributed by atoms with Gasteiger partial charge in [-0.2, -0.15) is 0 Å². The average molecular weight is 485 g/mol. The zero-order chi connectivity index (χ0) is 25.1. The Hall–Kier alpha value is -5.04. The second-order valence-corrected chi connectivity index (χ2v) is 9.85. The quantitative estimate of drug-likeness (QED) is 0.221. The van der Waals surface area contributed by atoms with Crippen LogP contribution >= 0.6 is 0 Å². The molecule has 0 fully saturated rings. The predicted molar refractivity (Wildman–Crippen MR) is 160 cm³/mol. The Kier molecular flexibility index (Phi) is 4.57. The van der Waals surface area contributed by atoms with E-state index in [0.29, 0.717) is 0 Å². The van der Waals surface area contributed by atoms with Gasteiger partial charge in [-0.05, 0) is 59.7 Å². The lowest BCUT2D eigenvalue weighted by Crippen LogP contribution is -2.03. The van der Waals surface area contributed by atoms with E-state index in [2.05, 4.69) is 148 Å². The van der Waals surface area contributed by atoms with Crippen LogP contribution in [0.5, 0.6) is 0 Å². The Labute approximate surface area is 220 Å². The maximum Gasteiger partial charge on any atom is 0.0783 e. The topological polar surface area (TPSA) is 9.86 Å². The standard InChI is InChI=1S/C36H24N2/c1-3-13-25(14-4-1)37-31-21-9-7-17-29(31)35-27(19-11-23-33(35)37)28-20-12-24-34-36(28)30-18-8-10-22-32(30)38(34)26-15-5-2-6-16-26/h1-5,7-24,26H. The summed E-state index contributed by atoms with van der Waals surface area (Å²) in [5, 5.41) is 5.13. The van der Waals surface area contributed by atoms with Crippen LogP contribution in [0.3, 0.4) is 0 Å². The predicted octanol–water partition coefficient (Wildman–Crippen LogP) is 9.38. The molecule has 0 N–H and O–H groups in total. The lowest BCUT2D eigenvalue weighted by atomic mass is 9.95. The van der Waals surface area contributed by atoms with Crippen molar-refractivity contribution in [3.63, 3.8) is 0 Å². The second-order valence-electron chi connectivity index (χ2n) is 9.85. The lowest BCUT2D eigenvalue weighted by molar-refractivity contribution is 0.780. The van der Waals surface area contributed by atoms with Gasteiger partial charge in [-0.25, -0.2) is 0 Å². The summed E-state index contributed by atoms with van der Waals surface area (Å²) >= 11 is 0. The van der Waals surface area contributed by atoms with E-state index in [4.69, 9.17) is 0 Å². The number of aromatic nitrogens is 2. The summed E-state index contributed by atoms with van der Waals surface area (Å²) in [5.41, 5.74) is 11.9. The van der Waals surface area contributed by atoms with Crippen molar-refractivity contribution >= 4 is 43.6 Å². The van der Waals surface area contributed by atoms with Crippen LogP contribution in [0.15, 0.2) is 145 Å². The summed E-state index contributed by atoms with van der Waals surface area (Å²) in [6.07, 6.45) is 8.45. The molecule has 178 valence electrons.